The fourth-order valence-corrected chi connectivity index (χ4v) is 5.66. The number of carbonyl (C=O) groups excluding carboxylic acids is 2. The van der Waals surface area contributed by atoms with Crippen molar-refractivity contribution in [3.8, 4) is 0 Å². The molecule has 37 heavy (non-hydrogen) atoms. The molecular formula is C31H34ClN3O2. The van der Waals surface area contributed by atoms with Crippen molar-refractivity contribution < 1.29 is 9.59 Å². The van der Waals surface area contributed by atoms with Crippen LogP contribution in [0.2, 0.25) is 0 Å². The SMILES string of the molecule is O=C(Nc1ccc(N2CCC(Cc3ccccc3)CC2)c(C(=O)N2CCCC2)c1)[C@H](Cl)c1ccccc1. The number of carbonyl (C=O) groups is 2. The Morgan fingerprint density at radius 2 is 1.51 bits per heavy atom. The molecular weight excluding hydrogens is 482 g/mol. The summed E-state index contributed by atoms with van der Waals surface area (Å²) in [6.07, 6.45) is 5.35. The van der Waals surface area contributed by atoms with Crippen LogP contribution in [0.1, 0.15) is 52.5 Å². The summed E-state index contributed by atoms with van der Waals surface area (Å²) in [7, 11) is 0. The Kier molecular flexibility index (Phi) is 8.10. The molecule has 1 N–H and O–H groups in total. The second kappa shape index (κ2) is 11.8. The molecule has 5 nitrogen and oxygen atoms in total. The summed E-state index contributed by atoms with van der Waals surface area (Å²) >= 11 is 6.44. The van der Waals surface area contributed by atoms with Crippen molar-refractivity contribution in [3.05, 3.63) is 95.6 Å². The van der Waals surface area contributed by atoms with Crippen LogP contribution in [0.15, 0.2) is 78.9 Å². The van der Waals surface area contributed by atoms with Crippen LogP contribution in [-0.4, -0.2) is 42.9 Å². The number of halogens is 1. The van der Waals surface area contributed by atoms with E-state index in [-0.39, 0.29) is 11.8 Å². The molecule has 2 saturated heterocycles. The third kappa shape index (κ3) is 6.16. The third-order valence-corrected chi connectivity index (χ3v) is 7.98. The van der Waals surface area contributed by atoms with Gasteiger partial charge in [-0.1, -0.05) is 60.7 Å². The standard InChI is InChI=1S/C31H34ClN3O2/c32-29(25-11-5-2-6-12-25)30(36)33-26-13-14-28(27(22-26)31(37)35-17-7-8-18-35)34-19-15-24(16-20-34)21-23-9-3-1-4-10-23/h1-6,9-14,22,24,29H,7-8,15-21H2,(H,33,36)/t29-/m1/s1. The average molecular weight is 516 g/mol. The Bertz CT molecular complexity index is 1200. The van der Waals surface area contributed by atoms with Crippen LogP contribution in [0.25, 0.3) is 0 Å². The molecule has 0 radical (unpaired) electrons. The van der Waals surface area contributed by atoms with Gasteiger partial charge in [0.2, 0.25) is 5.91 Å². The van der Waals surface area contributed by atoms with Gasteiger partial charge in [-0.15, -0.1) is 11.6 Å². The van der Waals surface area contributed by atoms with Gasteiger partial charge < -0.3 is 15.1 Å². The molecule has 3 aromatic carbocycles. The first kappa shape index (κ1) is 25.3. The van der Waals surface area contributed by atoms with Gasteiger partial charge in [0.25, 0.3) is 5.91 Å². The van der Waals surface area contributed by atoms with Gasteiger partial charge in [-0.05, 0) is 67.3 Å². The fraction of sp³-hybridized carbons (Fsp3) is 0.355. The van der Waals surface area contributed by atoms with Gasteiger partial charge >= 0.3 is 0 Å². The maximum atomic E-state index is 13.6. The first-order chi connectivity index (χ1) is 18.1. The number of nitrogens with one attached hydrogen (secondary N) is 1. The molecule has 0 unspecified atom stereocenters. The number of rotatable bonds is 7. The van der Waals surface area contributed by atoms with Crippen molar-refractivity contribution in [2.45, 2.75) is 37.5 Å². The highest BCUT2D eigenvalue weighted by Gasteiger charge is 2.27. The number of hydrogen-bond donors (Lipinski definition) is 1. The highest BCUT2D eigenvalue weighted by molar-refractivity contribution is 6.32. The van der Waals surface area contributed by atoms with E-state index in [1.165, 1.54) is 5.56 Å². The molecule has 0 saturated carbocycles. The predicted molar refractivity (Wildman–Crippen MR) is 150 cm³/mol. The molecule has 2 heterocycles. The highest BCUT2D eigenvalue weighted by Crippen LogP contribution is 2.32. The second-order valence-electron chi connectivity index (χ2n) is 10.1. The lowest BCUT2D eigenvalue weighted by molar-refractivity contribution is -0.116. The lowest BCUT2D eigenvalue weighted by atomic mass is 9.89. The average Bonchev–Trinajstić information content (AvgIpc) is 3.49. The Hall–Kier alpha value is -3.31. The summed E-state index contributed by atoms with van der Waals surface area (Å²) in [5.74, 6) is 0.385. The van der Waals surface area contributed by atoms with Crippen molar-refractivity contribution in [3.63, 3.8) is 0 Å². The minimum Gasteiger partial charge on any atom is -0.371 e. The molecule has 0 bridgehead atoms. The number of amides is 2. The second-order valence-corrected chi connectivity index (χ2v) is 10.6. The number of likely N-dealkylation sites (tertiary alicyclic amines) is 1. The molecule has 6 heteroatoms. The van der Waals surface area contributed by atoms with Crippen LogP contribution in [0, 0.1) is 5.92 Å². The molecule has 1 atom stereocenters. The predicted octanol–water partition coefficient (Wildman–Crippen LogP) is 6.30. The van der Waals surface area contributed by atoms with Gasteiger partial charge in [-0.2, -0.15) is 0 Å². The molecule has 0 aromatic heterocycles. The minimum absolute atomic E-state index is 0.0421. The topological polar surface area (TPSA) is 52.7 Å². The summed E-state index contributed by atoms with van der Waals surface area (Å²) in [6.45, 7) is 3.40. The zero-order valence-electron chi connectivity index (χ0n) is 21.1. The Balaban J connectivity index is 1.32. The van der Waals surface area contributed by atoms with Crippen LogP contribution in [0.5, 0.6) is 0 Å². The molecule has 2 aliphatic heterocycles. The van der Waals surface area contributed by atoms with Gasteiger partial charge in [0, 0.05) is 37.6 Å². The Morgan fingerprint density at radius 1 is 0.865 bits per heavy atom. The summed E-state index contributed by atoms with van der Waals surface area (Å²) < 4.78 is 0. The zero-order chi connectivity index (χ0) is 25.6. The van der Waals surface area contributed by atoms with Crippen LogP contribution < -0.4 is 10.2 Å². The number of alkyl halides is 1. The van der Waals surface area contributed by atoms with Crippen molar-refractivity contribution in [2.24, 2.45) is 5.92 Å². The largest absolute Gasteiger partial charge is 0.371 e. The number of benzene rings is 3. The number of piperidine rings is 1. The van der Waals surface area contributed by atoms with Crippen LogP contribution in [0.4, 0.5) is 11.4 Å². The van der Waals surface area contributed by atoms with E-state index < -0.39 is 5.38 Å². The summed E-state index contributed by atoms with van der Waals surface area (Å²) in [4.78, 5) is 30.7. The fourth-order valence-electron chi connectivity index (χ4n) is 5.46. The normalized spacial score (nSPS) is 17.0. The highest BCUT2D eigenvalue weighted by atomic mass is 35.5. The molecule has 5 rings (SSSR count). The van der Waals surface area contributed by atoms with E-state index >= 15 is 0 Å². The van der Waals surface area contributed by atoms with E-state index in [4.69, 9.17) is 11.6 Å². The minimum atomic E-state index is -0.803. The molecule has 2 amide bonds. The number of anilines is 2. The molecule has 2 aliphatic rings. The lowest BCUT2D eigenvalue weighted by Gasteiger charge is -2.35. The third-order valence-electron chi connectivity index (χ3n) is 7.53. The van der Waals surface area contributed by atoms with Gasteiger partial charge in [0.15, 0.2) is 0 Å². The maximum Gasteiger partial charge on any atom is 0.256 e. The lowest BCUT2D eigenvalue weighted by Crippen LogP contribution is -2.36. The van der Waals surface area contributed by atoms with Crippen LogP contribution in [-0.2, 0) is 11.2 Å². The summed E-state index contributed by atoms with van der Waals surface area (Å²) in [5.41, 5.74) is 4.34. The first-order valence-corrected chi connectivity index (χ1v) is 13.7. The smallest absolute Gasteiger partial charge is 0.256 e. The molecule has 2 fully saturated rings. The van der Waals surface area contributed by atoms with E-state index in [0.717, 1.165) is 69.5 Å². The van der Waals surface area contributed by atoms with E-state index in [0.29, 0.717) is 17.2 Å². The van der Waals surface area contributed by atoms with Crippen LogP contribution >= 0.6 is 11.6 Å². The van der Waals surface area contributed by atoms with E-state index in [1.54, 1.807) is 0 Å². The number of hydrogen-bond acceptors (Lipinski definition) is 3. The van der Waals surface area contributed by atoms with E-state index in [2.05, 4.69) is 40.5 Å². The summed E-state index contributed by atoms with van der Waals surface area (Å²) in [5, 5.41) is 2.13. The van der Waals surface area contributed by atoms with Crippen molar-refractivity contribution in [1.29, 1.82) is 0 Å². The maximum absolute atomic E-state index is 13.6. The van der Waals surface area contributed by atoms with Gasteiger partial charge in [0.05, 0.1) is 5.56 Å². The van der Waals surface area contributed by atoms with Gasteiger partial charge in [-0.25, -0.2) is 0 Å². The van der Waals surface area contributed by atoms with Crippen molar-refractivity contribution >= 4 is 34.8 Å². The van der Waals surface area contributed by atoms with Gasteiger partial charge in [-0.3, -0.25) is 9.59 Å². The molecule has 3 aromatic rings. The summed E-state index contributed by atoms with van der Waals surface area (Å²) in [6, 6.07) is 25.7. The molecule has 0 spiro atoms. The van der Waals surface area contributed by atoms with E-state index in [9.17, 15) is 9.59 Å². The van der Waals surface area contributed by atoms with Gasteiger partial charge in [0.1, 0.15) is 5.38 Å². The molecule has 192 valence electrons. The van der Waals surface area contributed by atoms with Crippen LogP contribution in [0.3, 0.4) is 0 Å². The van der Waals surface area contributed by atoms with Crippen molar-refractivity contribution in [2.75, 3.05) is 36.4 Å². The Labute approximate surface area is 224 Å². The first-order valence-electron chi connectivity index (χ1n) is 13.3. The quantitative estimate of drug-likeness (QED) is 0.376. The zero-order valence-corrected chi connectivity index (χ0v) is 21.9. The number of nitrogens with zero attached hydrogens (tertiary/aromatic N) is 2. The Morgan fingerprint density at radius 3 is 2.19 bits per heavy atom. The molecule has 0 aliphatic carbocycles. The van der Waals surface area contributed by atoms with Crippen molar-refractivity contribution in [1.82, 2.24) is 4.90 Å². The van der Waals surface area contributed by atoms with E-state index in [1.807, 2.05) is 53.4 Å². The monoisotopic (exact) mass is 515 g/mol.